The van der Waals surface area contributed by atoms with Gasteiger partial charge < -0.3 is 0 Å². The van der Waals surface area contributed by atoms with Crippen LogP contribution in [0, 0.1) is 6.92 Å². The quantitative estimate of drug-likeness (QED) is 0.608. The van der Waals surface area contributed by atoms with Gasteiger partial charge in [-0.15, -0.1) is 0 Å². The van der Waals surface area contributed by atoms with E-state index in [2.05, 4.69) is 65.1 Å². The average molecular weight is 240 g/mol. The standard InChI is InChI=1S/C18H24/c1-7-14(4)16(8-2)18(6,9-3)17-13-11-10-12-15(17)5/h7-8,10-13H,1-2,9H2,3-6H3/b16-14+. The largest absolute Gasteiger partial charge is 0.0988 e. The molecule has 0 aliphatic carbocycles. The fourth-order valence-corrected chi connectivity index (χ4v) is 2.65. The molecule has 1 rings (SSSR count). The molecule has 18 heavy (non-hydrogen) atoms. The second kappa shape index (κ2) is 5.86. The highest BCUT2D eigenvalue weighted by Crippen LogP contribution is 2.39. The lowest BCUT2D eigenvalue weighted by atomic mass is 9.71. The Labute approximate surface area is 112 Å². The highest BCUT2D eigenvalue weighted by molar-refractivity contribution is 5.47. The molecule has 96 valence electrons. The van der Waals surface area contributed by atoms with Gasteiger partial charge in [-0.25, -0.2) is 0 Å². The van der Waals surface area contributed by atoms with E-state index in [4.69, 9.17) is 0 Å². The van der Waals surface area contributed by atoms with Crippen molar-refractivity contribution in [3.05, 3.63) is 71.8 Å². The molecule has 0 heterocycles. The van der Waals surface area contributed by atoms with E-state index >= 15 is 0 Å². The van der Waals surface area contributed by atoms with E-state index in [1.54, 1.807) is 0 Å². The van der Waals surface area contributed by atoms with Gasteiger partial charge in [0.15, 0.2) is 0 Å². The molecule has 0 bridgehead atoms. The third kappa shape index (κ3) is 2.48. The smallest absolute Gasteiger partial charge is 0.0177 e. The number of aryl methyl sites for hydroxylation is 1. The first-order chi connectivity index (χ1) is 8.51. The maximum atomic E-state index is 3.99. The molecular weight excluding hydrogens is 216 g/mol. The van der Waals surface area contributed by atoms with Gasteiger partial charge in [-0.3, -0.25) is 0 Å². The Morgan fingerprint density at radius 2 is 1.83 bits per heavy atom. The number of allylic oxidation sites excluding steroid dienone is 4. The molecular formula is C18H24. The van der Waals surface area contributed by atoms with Gasteiger partial charge in [0.1, 0.15) is 0 Å². The van der Waals surface area contributed by atoms with Crippen molar-refractivity contribution in [1.29, 1.82) is 0 Å². The molecule has 0 amide bonds. The van der Waals surface area contributed by atoms with Crippen molar-refractivity contribution in [3.63, 3.8) is 0 Å². The SMILES string of the molecule is C=C/C(C)=C(\C=C)C(C)(CC)c1ccccc1C. The van der Waals surface area contributed by atoms with E-state index in [0.29, 0.717) is 0 Å². The third-order valence-electron chi connectivity index (χ3n) is 3.98. The minimum Gasteiger partial charge on any atom is -0.0988 e. The molecule has 1 atom stereocenters. The zero-order chi connectivity index (χ0) is 13.8. The fourth-order valence-electron chi connectivity index (χ4n) is 2.65. The molecule has 0 N–H and O–H groups in total. The summed E-state index contributed by atoms with van der Waals surface area (Å²) in [6.45, 7) is 16.7. The van der Waals surface area contributed by atoms with E-state index in [9.17, 15) is 0 Å². The summed E-state index contributed by atoms with van der Waals surface area (Å²) < 4.78 is 0. The van der Waals surface area contributed by atoms with E-state index in [0.717, 1.165) is 6.42 Å². The van der Waals surface area contributed by atoms with Gasteiger partial charge in [0.2, 0.25) is 0 Å². The minimum absolute atomic E-state index is 0.00532. The predicted octanol–water partition coefficient (Wildman–Crippen LogP) is 5.35. The number of hydrogen-bond acceptors (Lipinski definition) is 0. The van der Waals surface area contributed by atoms with Crippen LogP contribution in [0.2, 0.25) is 0 Å². The van der Waals surface area contributed by atoms with Crippen LogP contribution < -0.4 is 0 Å². The van der Waals surface area contributed by atoms with Crippen LogP contribution in [-0.4, -0.2) is 0 Å². The van der Waals surface area contributed by atoms with Crippen LogP contribution in [0.5, 0.6) is 0 Å². The molecule has 1 aromatic carbocycles. The maximum Gasteiger partial charge on any atom is 0.0177 e. The summed E-state index contributed by atoms with van der Waals surface area (Å²) in [4.78, 5) is 0. The first-order valence-electron chi connectivity index (χ1n) is 6.53. The van der Waals surface area contributed by atoms with E-state index in [1.165, 1.54) is 22.3 Å². The van der Waals surface area contributed by atoms with Crippen LogP contribution in [-0.2, 0) is 5.41 Å². The number of hydrogen-bond donors (Lipinski definition) is 0. The highest BCUT2D eigenvalue weighted by atomic mass is 14.3. The monoisotopic (exact) mass is 240 g/mol. The fraction of sp³-hybridized carbons (Fsp3) is 0.333. The van der Waals surface area contributed by atoms with Gasteiger partial charge in [0.25, 0.3) is 0 Å². The second-order valence-corrected chi connectivity index (χ2v) is 5.01. The summed E-state index contributed by atoms with van der Waals surface area (Å²) in [6, 6.07) is 8.60. The van der Waals surface area contributed by atoms with Crippen molar-refractivity contribution >= 4 is 0 Å². The Bertz CT molecular complexity index is 477. The Morgan fingerprint density at radius 1 is 1.22 bits per heavy atom. The van der Waals surface area contributed by atoms with Crippen LogP contribution in [0.4, 0.5) is 0 Å². The number of benzene rings is 1. The molecule has 0 fully saturated rings. The van der Waals surface area contributed by atoms with E-state index < -0.39 is 0 Å². The molecule has 0 aliphatic heterocycles. The average Bonchev–Trinajstić information content (AvgIpc) is 2.39. The molecule has 0 saturated carbocycles. The third-order valence-corrected chi connectivity index (χ3v) is 3.98. The molecule has 0 radical (unpaired) electrons. The van der Waals surface area contributed by atoms with Crippen molar-refractivity contribution < 1.29 is 0 Å². The Balaban J connectivity index is 3.51. The summed E-state index contributed by atoms with van der Waals surface area (Å²) in [6.07, 6.45) is 4.94. The summed E-state index contributed by atoms with van der Waals surface area (Å²) in [5.41, 5.74) is 5.19. The van der Waals surface area contributed by atoms with Crippen LogP contribution in [0.25, 0.3) is 0 Å². The van der Waals surface area contributed by atoms with Gasteiger partial charge in [0.05, 0.1) is 0 Å². The number of rotatable bonds is 5. The molecule has 0 nitrogen and oxygen atoms in total. The van der Waals surface area contributed by atoms with Gasteiger partial charge in [-0.05, 0) is 42.5 Å². The van der Waals surface area contributed by atoms with Crippen molar-refractivity contribution in [3.8, 4) is 0 Å². The van der Waals surface area contributed by atoms with E-state index in [-0.39, 0.29) is 5.41 Å². The molecule has 0 saturated heterocycles. The van der Waals surface area contributed by atoms with E-state index in [1.807, 2.05) is 12.2 Å². The highest BCUT2D eigenvalue weighted by Gasteiger charge is 2.29. The maximum absolute atomic E-state index is 3.99. The van der Waals surface area contributed by atoms with Crippen molar-refractivity contribution in [2.45, 2.75) is 39.5 Å². The lowest BCUT2D eigenvalue weighted by molar-refractivity contribution is 0.542. The predicted molar refractivity (Wildman–Crippen MR) is 81.9 cm³/mol. The first-order valence-corrected chi connectivity index (χ1v) is 6.53. The summed E-state index contributed by atoms with van der Waals surface area (Å²) in [7, 11) is 0. The topological polar surface area (TPSA) is 0 Å². The Morgan fingerprint density at radius 3 is 2.28 bits per heavy atom. The molecule has 0 aliphatic rings. The lowest BCUT2D eigenvalue weighted by Gasteiger charge is -2.33. The van der Waals surface area contributed by atoms with Gasteiger partial charge in [-0.2, -0.15) is 0 Å². The molecule has 0 aromatic heterocycles. The van der Waals surface area contributed by atoms with Crippen LogP contribution in [0.15, 0.2) is 60.7 Å². The first kappa shape index (κ1) is 14.5. The molecule has 0 heteroatoms. The molecule has 0 spiro atoms. The zero-order valence-electron chi connectivity index (χ0n) is 12.1. The Hall–Kier alpha value is -1.56. The van der Waals surface area contributed by atoms with Gasteiger partial charge in [0, 0.05) is 5.41 Å². The van der Waals surface area contributed by atoms with Crippen LogP contribution in [0.1, 0.15) is 38.3 Å². The zero-order valence-corrected chi connectivity index (χ0v) is 12.1. The van der Waals surface area contributed by atoms with Gasteiger partial charge >= 0.3 is 0 Å². The molecule has 1 unspecified atom stereocenters. The van der Waals surface area contributed by atoms with Crippen molar-refractivity contribution in [2.75, 3.05) is 0 Å². The molecule has 1 aromatic rings. The normalized spacial score (nSPS) is 15.6. The Kier molecular flexibility index (Phi) is 4.72. The minimum atomic E-state index is 0.00532. The van der Waals surface area contributed by atoms with Crippen LogP contribution in [0.3, 0.4) is 0 Å². The lowest BCUT2D eigenvalue weighted by Crippen LogP contribution is -2.25. The van der Waals surface area contributed by atoms with Crippen molar-refractivity contribution in [2.24, 2.45) is 0 Å². The van der Waals surface area contributed by atoms with Gasteiger partial charge in [-0.1, -0.05) is 63.4 Å². The van der Waals surface area contributed by atoms with Crippen molar-refractivity contribution in [1.82, 2.24) is 0 Å². The summed E-state index contributed by atoms with van der Waals surface area (Å²) in [5.74, 6) is 0. The summed E-state index contributed by atoms with van der Waals surface area (Å²) >= 11 is 0. The van der Waals surface area contributed by atoms with Crippen LogP contribution >= 0.6 is 0 Å². The summed E-state index contributed by atoms with van der Waals surface area (Å²) in [5, 5.41) is 0. The second-order valence-electron chi connectivity index (χ2n) is 5.01.